The third-order valence-electron chi connectivity index (χ3n) is 1.84. The van der Waals surface area contributed by atoms with Gasteiger partial charge in [-0.15, -0.1) is 0 Å². The molecule has 0 heterocycles. The molecule has 3 nitrogen and oxygen atoms in total. The summed E-state index contributed by atoms with van der Waals surface area (Å²) in [6.07, 6.45) is -1.13. The van der Waals surface area contributed by atoms with E-state index in [1.54, 1.807) is 12.4 Å². The van der Waals surface area contributed by atoms with Gasteiger partial charge in [0.15, 0.2) is 11.4 Å². The Kier molecular flexibility index (Phi) is 5.04. The second-order valence-corrected chi connectivity index (χ2v) is 4.67. The number of halogens is 4. The van der Waals surface area contributed by atoms with E-state index in [1.165, 1.54) is 12.1 Å². The van der Waals surface area contributed by atoms with Crippen molar-refractivity contribution in [1.29, 1.82) is 5.26 Å². The van der Waals surface area contributed by atoms with Crippen molar-refractivity contribution < 1.29 is 13.2 Å². The maximum absolute atomic E-state index is 12.6. The van der Waals surface area contributed by atoms with Crippen LogP contribution in [0, 0.1) is 11.5 Å². The molecule has 0 aliphatic rings. The first-order chi connectivity index (χ1) is 8.38. The van der Waals surface area contributed by atoms with Crippen LogP contribution >= 0.6 is 27.7 Å². The van der Waals surface area contributed by atoms with Gasteiger partial charge in [0.25, 0.3) is 0 Å². The quantitative estimate of drug-likeness (QED) is 0.366. The van der Waals surface area contributed by atoms with E-state index < -0.39 is 11.7 Å². The number of nitrogens with zero attached hydrogens (tertiary/aromatic N) is 2. The minimum absolute atomic E-state index is 0.0482. The summed E-state index contributed by atoms with van der Waals surface area (Å²) in [6.45, 7) is 0. The Morgan fingerprint density at radius 1 is 1.50 bits per heavy atom. The number of benzene rings is 1. The summed E-state index contributed by atoms with van der Waals surface area (Å²) in [7, 11) is 0. The first-order valence-electron chi connectivity index (χ1n) is 4.53. The molecule has 0 bridgehead atoms. The predicted molar refractivity (Wildman–Crippen MR) is 68.5 cm³/mol. The normalized spacial score (nSPS) is 12.1. The maximum atomic E-state index is 12.6. The van der Waals surface area contributed by atoms with Crippen LogP contribution in [-0.4, -0.2) is 11.4 Å². The average molecular weight is 338 g/mol. The van der Waals surface area contributed by atoms with E-state index in [2.05, 4.69) is 26.2 Å². The second-order valence-electron chi connectivity index (χ2n) is 3.02. The van der Waals surface area contributed by atoms with Gasteiger partial charge < -0.3 is 0 Å². The topological polar surface area (TPSA) is 48.2 Å². The molecule has 0 aromatic heterocycles. The van der Waals surface area contributed by atoms with Crippen molar-refractivity contribution >= 4 is 38.5 Å². The molecule has 0 radical (unpaired) electrons. The van der Waals surface area contributed by atoms with E-state index in [0.29, 0.717) is 0 Å². The summed E-state index contributed by atoms with van der Waals surface area (Å²) < 4.78 is 37.9. The van der Waals surface area contributed by atoms with Gasteiger partial charge in [-0.05, 0) is 24.5 Å². The lowest BCUT2D eigenvalue weighted by Crippen LogP contribution is -2.12. The van der Waals surface area contributed by atoms with Crippen LogP contribution in [0.25, 0.3) is 0 Å². The third kappa shape index (κ3) is 3.92. The molecule has 0 spiro atoms. The SMILES string of the molecule is CSC(=Nc1ccc(Br)c(C(F)(F)F)c1)NC#N. The minimum atomic E-state index is -4.45. The van der Waals surface area contributed by atoms with Crippen molar-refractivity contribution in [2.24, 2.45) is 4.99 Å². The third-order valence-corrected chi connectivity index (χ3v) is 3.11. The van der Waals surface area contributed by atoms with Gasteiger partial charge in [-0.1, -0.05) is 27.7 Å². The van der Waals surface area contributed by atoms with E-state index in [0.717, 1.165) is 17.8 Å². The molecule has 1 aromatic rings. The minimum Gasteiger partial charge on any atom is -0.271 e. The van der Waals surface area contributed by atoms with E-state index in [9.17, 15) is 13.2 Å². The van der Waals surface area contributed by atoms with Crippen molar-refractivity contribution in [3.63, 3.8) is 0 Å². The molecule has 0 atom stereocenters. The van der Waals surface area contributed by atoms with Gasteiger partial charge in [-0.2, -0.15) is 18.4 Å². The summed E-state index contributed by atoms with van der Waals surface area (Å²) in [5.74, 6) is 0. The highest BCUT2D eigenvalue weighted by Crippen LogP contribution is 2.37. The van der Waals surface area contributed by atoms with Crippen molar-refractivity contribution in [3.8, 4) is 6.19 Å². The molecule has 1 N–H and O–H groups in total. The summed E-state index contributed by atoms with van der Waals surface area (Å²) in [4.78, 5) is 3.91. The summed E-state index contributed by atoms with van der Waals surface area (Å²) in [6, 6.07) is 3.61. The van der Waals surface area contributed by atoms with Gasteiger partial charge in [0, 0.05) is 4.47 Å². The number of amidine groups is 1. The van der Waals surface area contributed by atoms with Gasteiger partial charge in [0.1, 0.15) is 0 Å². The van der Waals surface area contributed by atoms with Crippen LogP contribution < -0.4 is 5.32 Å². The first-order valence-corrected chi connectivity index (χ1v) is 6.54. The van der Waals surface area contributed by atoms with Gasteiger partial charge in [-0.3, -0.25) is 5.32 Å². The molecule has 0 aliphatic carbocycles. The summed E-state index contributed by atoms with van der Waals surface area (Å²) >= 11 is 3.97. The number of hydrogen-bond acceptors (Lipinski definition) is 3. The Balaban J connectivity index is 3.17. The van der Waals surface area contributed by atoms with Crippen molar-refractivity contribution in [1.82, 2.24) is 5.32 Å². The van der Waals surface area contributed by atoms with Gasteiger partial charge in [0.05, 0.1) is 11.3 Å². The van der Waals surface area contributed by atoms with Crippen LogP contribution in [0.5, 0.6) is 0 Å². The fraction of sp³-hybridized carbons (Fsp3) is 0.200. The van der Waals surface area contributed by atoms with Crippen molar-refractivity contribution in [2.45, 2.75) is 6.18 Å². The van der Waals surface area contributed by atoms with Gasteiger partial charge in [0.2, 0.25) is 0 Å². The van der Waals surface area contributed by atoms with E-state index in [-0.39, 0.29) is 15.3 Å². The molecule has 0 unspecified atom stereocenters. The average Bonchev–Trinajstić information content (AvgIpc) is 2.29. The number of aliphatic imine (C=N–C) groups is 1. The van der Waals surface area contributed by atoms with Crippen LogP contribution in [0.3, 0.4) is 0 Å². The summed E-state index contributed by atoms with van der Waals surface area (Å²) in [5, 5.41) is 10.9. The maximum Gasteiger partial charge on any atom is 0.417 e. The zero-order chi connectivity index (χ0) is 13.8. The molecule has 96 valence electrons. The molecule has 1 rings (SSSR count). The van der Waals surface area contributed by atoms with Crippen molar-refractivity contribution in [3.05, 3.63) is 28.2 Å². The number of thioether (sulfide) groups is 1. The number of alkyl halides is 3. The lowest BCUT2D eigenvalue weighted by atomic mass is 10.2. The first kappa shape index (κ1) is 14.9. The molecule has 0 saturated carbocycles. The van der Waals surface area contributed by atoms with Crippen LogP contribution in [0.1, 0.15) is 5.56 Å². The molecule has 0 aliphatic heterocycles. The fourth-order valence-corrected chi connectivity index (χ4v) is 1.91. The predicted octanol–water partition coefficient (Wildman–Crippen LogP) is 3.89. The Hall–Kier alpha value is -1.20. The smallest absolute Gasteiger partial charge is 0.271 e. The lowest BCUT2D eigenvalue weighted by molar-refractivity contribution is -0.138. The Morgan fingerprint density at radius 2 is 2.17 bits per heavy atom. The van der Waals surface area contributed by atoms with Crippen LogP contribution in [0.4, 0.5) is 18.9 Å². The number of hydrogen-bond donors (Lipinski definition) is 1. The van der Waals surface area contributed by atoms with Crippen LogP contribution in [-0.2, 0) is 6.18 Å². The molecule has 0 amide bonds. The molecular formula is C10H7BrF3N3S. The molecule has 0 saturated heterocycles. The monoisotopic (exact) mass is 337 g/mol. The number of rotatable bonds is 1. The Morgan fingerprint density at radius 3 is 2.67 bits per heavy atom. The van der Waals surface area contributed by atoms with Gasteiger partial charge in [-0.25, -0.2) is 4.99 Å². The van der Waals surface area contributed by atoms with E-state index in [4.69, 9.17) is 5.26 Å². The lowest BCUT2D eigenvalue weighted by Gasteiger charge is -2.09. The highest BCUT2D eigenvalue weighted by molar-refractivity contribution is 9.10. The molecular weight excluding hydrogens is 331 g/mol. The van der Waals surface area contributed by atoms with E-state index >= 15 is 0 Å². The van der Waals surface area contributed by atoms with Crippen molar-refractivity contribution in [2.75, 3.05) is 6.26 Å². The fourth-order valence-electron chi connectivity index (χ4n) is 1.09. The zero-order valence-electron chi connectivity index (χ0n) is 9.05. The number of nitrogens with one attached hydrogen (secondary N) is 1. The number of nitriles is 1. The standard InChI is InChI=1S/C10H7BrF3N3S/c1-18-9(16-5-15)17-6-2-3-8(11)7(4-6)10(12,13)14/h2-4H,1H3,(H,16,17). The van der Waals surface area contributed by atoms with Gasteiger partial charge >= 0.3 is 6.18 Å². The Labute approximate surface area is 114 Å². The molecule has 0 fully saturated rings. The molecule has 1 aromatic carbocycles. The largest absolute Gasteiger partial charge is 0.417 e. The zero-order valence-corrected chi connectivity index (χ0v) is 11.4. The van der Waals surface area contributed by atoms with Crippen LogP contribution in [0.15, 0.2) is 27.7 Å². The van der Waals surface area contributed by atoms with E-state index in [1.807, 2.05) is 0 Å². The molecule has 8 heteroatoms. The highest BCUT2D eigenvalue weighted by Gasteiger charge is 2.33. The molecule has 18 heavy (non-hydrogen) atoms. The highest BCUT2D eigenvalue weighted by atomic mass is 79.9. The second kappa shape index (κ2) is 6.11. The van der Waals surface area contributed by atoms with Crippen LogP contribution in [0.2, 0.25) is 0 Å². The Bertz CT molecular complexity index is 508. The summed E-state index contributed by atoms with van der Waals surface area (Å²) in [5.41, 5.74) is -0.682.